The Labute approximate surface area is 116 Å². The Bertz CT molecular complexity index is 469. The van der Waals surface area contributed by atoms with E-state index < -0.39 is 10.0 Å². The molecule has 0 heterocycles. The van der Waals surface area contributed by atoms with E-state index in [-0.39, 0.29) is 0 Å². The van der Waals surface area contributed by atoms with E-state index in [9.17, 15) is 8.42 Å². The number of nitrogens with one attached hydrogen (secondary N) is 2. The van der Waals surface area contributed by atoms with Crippen molar-refractivity contribution >= 4 is 10.0 Å². The van der Waals surface area contributed by atoms with Crippen LogP contribution >= 0.6 is 0 Å². The average molecular weight is 284 g/mol. The van der Waals surface area contributed by atoms with Crippen LogP contribution in [0.2, 0.25) is 0 Å². The molecule has 0 spiro atoms. The molecular formula is C14H24N2O2S. The van der Waals surface area contributed by atoms with Crippen molar-refractivity contribution in [2.75, 3.05) is 19.6 Å². The molecule has 1 rings (SSSR count). The van der Waals surface area contributed by atoms with Gasteiger partial charge in [-0.15, -0.1) is 0 Å². The lowest BCUT2D eigenvalue weighted by atomic mass is 9.99. The van der Waals surface area contributed by atoms with Crippen LogP contribution in [0.1, 0.15) is 38.7 Å². The molecule has 0 fully saturated rings. The molecule has 1 aromatic rings. The maximum atomic E-state index is 12.0. The van der Waals surface area contributed by atoms with E-state index in [2.05, 4.69) is 23.9 Å². The van der Waals surface area contributed by atoms with E-state index in [0.29, 0.717) is 23.9 Å². The van der Waals surface area contributed by atoms with Gasteiger partial charge >= 0.3 is 0 Å². The van der Waals surface area contributed by atoms with Gasteiger partial charge in [-0.1, -0.05) is 32.9 Å². The first kappa shape index (κ1) is 16.1. The molecule has 4 nitrogen and oxygen atoms in total. The highest BCUT2D eigenvalue weighted by atomic mass is 32.2. The summed E-state index contributed by atoms with van der Waals surface area (Å²) in [5, 5.41) is 3.08. The fourth-order valence-electron chi connectivity index (χ4n) is 1.75. The molecule has 1 atom stereocenters. The van der Waals surface area contributed by atoms with Gasteiger partial charge < -0.3 is 5.32 Å². The lowest BCUT2D eigenvalue weighted by Crippen LogP contribution is -2.31. The normalized spacial score (nSPS) is 13.4. The van der Waals surface area contributed by atoms with Gasteiger partial charge in [0, 0.05) is 13.1 Å². The summed E-state index contributed by atoms with van der Waals surface area (Å²) in [6.45, 7) is 8.13. The van der Waals surface area contributed by atoms with E-state index in [1.54, 1.807) is 12.1 Å². The highest BCUT2D eigenvalue weighted by molar-refractivity contribution is 7.89. The lowest BCUT2D eigenvalue weighted by molar-refractivity contribution is 0.577. The Morgan fingerprint density at radius 3 is 2.26 bits per heavy atom. The van der Waals surface area contributed by atoms with Gasteiger partial charge in [0.05, 0.1) is 4.90 Å². The largest absolute Gasteiger partial charge is 0.316 e. The van der Waals surface area contributed by atoms with Crippen LogP contribution in [0, 0.1) is 0 Å². The summed E-state index contributed by atoms with van der Waals surface area (Å²) in [4.78, 5) is 0.330. The fraction of sp³-hybridized carbons (Fsp3) is 0.571. The van der Waals surface area contributed by atoms with Crippen molar-refractivity contribution in [1.29, 1.82) is 0 Å². The summed E-state index contributed by atoms with van der Waals surface area (Å²) in [5.41, 5.74) is 1.18. The van der Waals surface area contributed by atoms with Crippen LogP contribution in [0.15, 0.2) is 29.2 Å². The fourth-order valence-corrected chi connectivity index (χ4v) is 2.78. The molecule has 0 aromatic heterocycles. The molecule has 1 aromatic carbocycles. The van der Waals surface area contributed by atoms with E-state index in [0.717, 1.165) is 13.0 Å². The number of likely N-dealkylation sites (N-methyl/N-ethyl adjacent to an activating group) is 1. The summed E-state index contributed by atoms with van der Waals surface area (Å²) in [5.74, 6) is 0.457. The van der Waals surface area contributed by atoms with Crippen LogP contribution in [0.4, 0.5) is 0 Å². The quantitative estimate of drug-likeness (QED) is 0.719. The summed E-state index contributed by atoms with van der Waals surface area (Å²) in [6.07, 6.45) is 1.05. The van der Waals surface area contributed by atoms with Gasteiger partial charge in [-0.2, -0.15) is 0 Å². The molecule has 0 aliphatic carbocycles. The maximum absolute atomic E-state index is 12.0. The van der Waals surface area contributed by atoms with Crippen LogP contribution in [0.3, 0.4) is 0 Å². The number of hydrogen-bond donors (Lipinski definition) is 2. The predicted molar refractivity (Wildman–Crippen MR) is 78.9 cm³/mol. The molecule has 0 aliphatic heterocycles. The Morgan fingerprint density at radius 2 is 1.74 bits per heavy atom. The smallest absolute Gasteiger partial charge is 0.240 e. The molecule has 5 heteroatoms. The molecule has 1 unspecified atom stereocenters. The van der Waals surface area contributed by atoms with Crippen LogP contribution < -0.4 is 10.0 Å². The second kappa shape index (κ2) is 7.62. The lowest BCUT2D eigenvalue weighted by Gasteiger charge is -2.11. The first-order valence-corrected chi connectivity index (χ1v) is 8.30. The first-order valence-electron chi connectivity index (χ1n) is 6.81. The standard InChI is InChI=1S/C14H24N2O2S/c1-4-12(3)13-6-8-14(9-7-13)19(17,18)16-11-10-15-5-2/h6-9,12,15-16H,4-5,10-11H2,1-3H3. The molecule has 0 saturated carbocycles. The van der Waals surface area contributed by atoms with Gasteiger partial charge in [0.15, 0.2) is 0 Å². The summed E-state index contributed by atoms with van der Waals surface area (Å²) < 4.78 is 26.6. The number of rotatable bonds is 8. The van der Waals surface area contributed by atoms with Crippen LogP contribution in [0.25, 0.3) is 0 Å². The van der Waals surface area contributed by atoms with Gasteiger partial charge in [-0.05, 0) is 36.6 Å². The molecule has 0 saturated heterocycles. The third kappa shape index (κ3) is 4.93. The van der Waals surface area contributed by atoms with Crippen molar-refractivity contribution in [3.63, 3.8) is 0 Å². The molecule has 0 amide bonds. The molecule has 0 radical (unpaired) electrons. The Kier molecular flexibility index (Phi) is 6.48. The highest BCUT2D eigenvalue weighted by Gasteiger charge is 2.13. The van der Waals surface area contributed by atoms with E-state index >= 15 is 0 Å². The minimum atomic E-state index is -3.38. The van der Waals surface area contributed by atoms with Gasteiger partial charge in [0.2, 0.25) is 10.0 Å². The Hall–Kier alpha value is -0.910. The zero-order valence-corrected chi connectivity index (χ0v) is 12.8. The first-order chi connectivity index (χ1) is 9.01. The number of benzene rings is 1. The predicted octanol–water partition coefficient (Wildman–Crippen LogP) is 2.09. The number of sulfonamides is 1. The van der Waals surface area contributed by atoms with Crippen LogP contribution in [-0.2, 0) is 10.0 Å². The SMILES string of the molecule is CCNCCNS(=O)(=O)c1ccc(C(C)CC)cc1. The van der Waals surface area contributed by atoms with E-state index in [1.807, 2.05) is 19.1 Å². The third-order valence-corrected chi connectivity index (χ3v) is 4.69. The van der Waals surface area contributed by atoms with Crippen LogP contribution in [-0.4, -0.2) is 28.1 Å². The van der Waals surface area contributed by atoms with Crippen molar-refractivity contribution in [1.82, 2.24) is 10.0 Å². The second-order valence-electron chi connectivity index (χ2n) is 4.63. The molecule has 2 N–H and O–H groups in total. The summed E-state index contributed by atoms with van der Waals surface area (Å²) in [6, 6.07) is 7.15. The van der Waals surface area contributed by atoms with Crippen molar-refractivity contribution < 1.29 is 8.42 Å². The molecular weight excluding hydrogens is 260 g/mol. The van der Waals surface area contributed by atoms with Gasteiger partial charge in [0.1, 0.15) is 0 Å². The summed E-state index contributed by atoms with van der Waals surface area (Å²) >= 11 is 0. The zero-order chi connectivity index (χ0) is 14.3. The highest BCUT2D eigenvalue weighted by Crippen LogP contribution is 2.20. The zero-order valence-electron chi connectivity index (χ0n) is 11.9. The molecule has 108 valence electrons. The molecule has 19 heavy (non-hydrogen) atoms. The van der Waals surface area contributed by atoms with Gasteiger partial charge in [-0.25, -0.2) is 13.1 Å². The van der Waals surface area contributed by atoms with Crippen molar-refractivity contribution in [2.45, 2.75) is 38.0 Å². The van der Waals surface area contributed by atoms with Crippen molar-refractivity contribution in [3.8, 4) is 0 Å². The minimum Gasteiger partial charge on any atom is -0.316 e. The van der Waals surface area contributed by atoms with E-state index in [4.69, 9.17) is 0 Å². The molecule has 0 bridgehead atoms. The second-order valence-corrected chi connectivity index (χ2v) is 6.40. The summed E-state index contributed by atoms with van der Waals surface area (Å²) in [7, 11) is -3.38. The average Bonchev–Trinajstić information content (AvgIpc) is 2.43. The Morgan fingerprint density at radius 1 is 1.11 bits per heavy atom. The van der Waals surface area contributed by atoms with Crippen LogP contribution in [0.5, 0.6) is 0 Å². The van der Waals surface area contributed by atoms with Crippen molar-refractivity contribution in [2.24, 2.45) is 0 Å². The maximum Gasteiger partial charge on any atom is 0.240 e. The van der Waals surface area contributed by atoms with Crippen molar-refractivity contribution in [3.05, 3.63) is 29.8 Å². The van der Waals surface area contributed by atoms with Gasteiger partial charge in [-0.3, -0.25) is 0 Å². The topological polar surface area (TPSA) is 58.2 Å². The molecule has 0 aliphatic rings. The minimum absolute atomic E-state index is 0.330. The number of hydrogen-bond acceptors (Lipinski definition) is 3. The third-order valence-electron chi connectivity index (χ3n) is 3.22. The van der Waals surface area contributed by atoms with Gasteiger partial charge in [0.25, 0.3) is 0 Å². The van der Waals surface area contributed by atoms with E-state index in [1.165, 1.54) is 5.56 Å². The monoisotopic (exact) mass is 284 g/mol. The Balaban J connectivity index is 2.68.